The number of hydrogen-bond acceptors (Lipinski definition) is 4. The molecule has 78 valence electrons. The van der Waals surface area contributed by atoms with Crippen LogP contribution in [0.2, 0.25) is 0 Å². The molecule has 4 heteroatoms. The lowest BCUT2D eigenvalue weighted by Crippen LogP contribution is -2.42. The van der Waals surface area contributed by atoms with Gasteiger partial charge < -0.3 is 9.47 Å². The van der Waals surface area contributed by atoms with Gasteiger partial charge in [0.05, 0.1) is 13.5 Å². The van der Waals surface area contributed by atoms with E-state index in [1.54, 1.807) is 0 Å². The molecule has 0 radical (unpaired) electrons. The van der Waals surface area contributed by atoms with Crippen LogP contribution in [0.15, 0.2) is 0 Å². The number of rotatable bonds is 1. The Hall–Kier alpha value is -1.06. The standard InChI is InChI=1S/C10H14O4/c1-13-9(12)10-5-3-2-4-7(10)14-8(11)6-10/h7H,2-6H2,1H3/t7?,10-/m0/s1. The molecule has 0 aromatic rings. The van der Waals surface area contributed by atoms with Crippen LogP contribution in [0.5, 0.6) is 0 Å². The second kappa shape index (κ2) is 3.26. The first-order valence-electron chi connectivity index (χ1n) is 4.97. The van der Waals surface area contributed by atoms with Crippen molar-refractivity contribution in [2.24, 2.45) is 5.41 Å². The summed E-state index contributed by atoms with van der Waals surface area (Å²) in [4.78, 5) is 22.9. The van der Waals surface area contributed by atoms with Crippen LogP contribution >= 0.6 is 0 Å². The number of hydrogen-bond donors (Lipinski definition) is 0. The number of esters is 2. The van der Waals surface area contributed by atoms with Gasteiger partial charge >= 0.3 is 11.9 Å². The van der Waals surface area contributed by atoms with Gasteiger partial charge in [0.15, 0.2) is 0 Å². The maximum atomic E-state index is 11.7. The van der Waals surface area contributed by atoms with E-state index in [9.17, 15) is 9.59 Å². The Kier molecular flexibility index (Phi) is 2.21. The van der Waals surface area contributed by atoms with E-state index in [4.69, 9.17) is 9.47 Å². The molecule has 4 nitrogen and oxygen atoms in total. The van der Waals surface area contributed by atoms with Crippen LogP contribution in [0.25, 0.3) is 0 Å². The number of methoxy groups -OCH3 is 1. The third-order valence-electron chi connectivity index (χ3n) is 3.28. The number of fused-ring (bicyclic) bond motifs is 1. The Balaban J connectivity index is 2.27. The predicted octanol–water partition coefficient (Wildman–Crippen LogP) is 1.04. The van der Waals surface area contributed by atoms with Crippen LogP contribution in [0.4, 0.5) is 0 Å². The van der Waals surface area contributed by atoms with Gasteiger partial charge in [-0.05, 0) is 19.3 Å². The first-order chi connectivity index (χ1) is 6.69. The van der Waals surface area contributed by atoms with Gasteiger partial charge in [-0.1, -0.05) is 6.42 Å². The van der Waals surface area contributed by atoms with E-state index in [0.29, 0.717) is 0 Å². The molecule has 1 aliphatic carbocycles. The van der Waals surface area contributed by atoms with E-state index in [1.807, 2.05) is 0 Å². The van der Waals surface area contributed by atoms with Crippen molar-refractivity contribution in [1.82, 2.24) is 0 Å². The summed E-state index contributed by atoms with van der Waals surface area (Å²) in [6.07, 6.45) is 3.47. The zero-order valence-corrected chi connectivity index (χ0v) is 8.25. The van der Waals surface area contributed by atoms with Crippen LogP contribution in [0, 0.1) is 5.41 Å². The van der Waals surface area contributed by atoms with Crippen molar-refractivity contribution in [3.63, 3.8) is 0 Å². The van der Waals surface area contributed by atoms with Crippen molar-refractivity contribution in [1.29, 1.82) is 0 Å². The smallest absolute Gasteiger partial charge is 0.316 e. The highest BCUT2D eigenvalue weighted by atomic mass is 16.6. The van der Waals surface area contributed by atoms with Crippen LogP contribution in [0.1, 0.15) is 32.1 Å². The third kappa shape index (κ3) is 1.21. The first kappa shape index (κ1) is 9.49. The second-order valence-electron chi connectivity index (χ2n) is 4.05. The van der Waals surface area contributed by atoms with Gasteiger partial charge in [0.25, 0.3) is 0 Å². The Morgan fingerprint density at radius 2 is 2.36 bits per heavy atom. The van der Waals surface area contributed by atoms with Crippen molar-refractivity contribution in [3.8, 4) is 0 Å². The van der Waals surface area contributed by atoms with Gasteiger partial charge in [-0.15, -0.1) is 0 Å². The molecule has 0 spiro atoms. The number of ether oxygens (including phenoxy) is 2. The highest BCUT2D eigenvalue weighted by molar-refractivity contribution is 5.87. The molecule has 0 bridgehead atoms. The first-order valence-corrected chi connectivity index (χ1v) is 4.97. The van der Waals surface area contributed by atoms with Gasteiger partial charge in [0, 0.05) is 0 Å². The molecular formula is C10H14O4. The summed E-state index contributed by atoms with van der Waals surface area (Å²) in [5.74, 6) is -0.546. The van der Waals surface area contributed by atoms with E-state index >= 15 is 0 Å². The molecule has 1 heterocycles. The fourth-order valence-electron chi connectivity index (χ4n) is 2.55. The second-order valence-corrected chi connectivity index (χ2v) is 4.05. The maximum absolute atomic E-state index is 11.7. The van der Waals surface area contributed by atoms with E-state index in [1.165, 1.54) is 7.11 Å². The van der Waals surface area contributed by atoms with Crippen LogP contribution in [-0.4, -0.2) is 25.2 Å². The van der Waals surface area contributed by atoms with Crippen molar-refractivity contribution < 1.29 is 19.1 Å². The molecule has 2 fully saturated rings. The quantitative estimate of drug-likeness (QED) is 0.590. The molecule has 0 N–H and O–H groups in total. The Labute approximate surface area is 82.6 Å². The highest BCUT2D eigenvalue weighted by Crippen LogP contribution is 2.46. The summed E-state index contributed by atoms with van der Waals surface area (Å²) < 4.78 is 9.92. The van der Waals surface area contributed by atoms with Gasteiger partial charge in [-0.2, -0.15) is 0 Å². The Bertz CT molecular complexity index is 273. The summed E-state index contributed by atoms with van der Waals surface area (Å²) >= 11 is 0. The minimum absolute atomic E-state index is 0.199. The summed E-state index contributed by atoms with van der Waals surface area (Å²) in [7, 11) is 1.37. The van der Waals surface area contributed by atoms with Gasteiger partial charge in [0.1, 0.15) is 11.5 Å². The molecule has 2 rings (SSSR count). The zero-order chi connectivity index (χ0) is 10.2. The summed E-state index contributed by atoms with van der Waals surface area (Å²) in [5, 5.41) is 0. The van der Waals surface area contributed by atoms with Crippen molar-refractivity contribution in [2.45, 2.75) is 38.2 Å². The molecule has 1 saturated carbocycles. The van der Waals surface area contributed by atoms with Crippen molar-refractivity contribution >= 4 is 11.9 Å². The molecule has 0 aromatic carbocycles. The molecule has 2 aliphatic rings. The minimum atomic E-state index is -0.663. The molecule has 0 aromatic heterocycles. The van der Waals surface area contributed by atoms with E-state index in [-0.39, 0.29) is 24.5 Å². The fourth-order valence-corrected chi connectivity index (χ4v) is 2.55. The summed E-state index contributed by atoms with van der Waals surface area (Å²) in [6.45, 7) is 0. The molecule has 0 amide bonds. The van der Waals surface area contributed by atoms with E-state index in [2.05, 4.69) is 0 Å². The summed E-state index contributed by atoms with van der Waals surface area (Å²) in [5.41, 5.74) is -0.663. The average Bonchev–Trinajstić information content (AvgIpc) is 2.53. The van der Waals surface area contributed by atoms with Gasteiger partial charge in [-0.25, -0.2) is 0 Å². The van der Waals surface area contributed by atoms with Crippen LogP contribution in [0.3, 0.4) is 0 Å². The third-order valence-corrected chi connectivity index (χ3v) is 3.28. The molecule has 1 saturated heterocycles. The normalized spacial score (nSPS) is 36.1. The summed E-state index contributed by atoms with van der Waals surface area (Å²) in [6, 6.07) is 0. The molecular weight excluding hydrogens is 184 g/mol. The number of carbonyl (C=O) groups is 2. The molecule has 2 atom stereocenters. The predicted molar refractivity (Wildman–Crippen MR) is 47.4 cm³/mol. The van der Waals surface area contributed by atoms with Gasteiger partial charge in [0.2, 0.25) is 0 Å². The van der Waals surface area contributed by atoms with Crippen molar-refractivity contribution in [3.05, 3.63) is 0 Å². The number of carbonyl (C=O) groups excluding carboxylic acids is 2. The maximum Gasteiger partial charge on any atom is 0.316 e. The van der Waals surface area contributed by atoms with Crippen molar-refractivity contribution in [2.75, 3.05) is 7.11 Å². The molecule has 1 aliphatic heterocycles. The lowest BCUT2D eigenvalue weighted by atomic mass is 9.71. The van der Waals surface area contributed by atoms with Gasteiger partial charge in [-0.3, -0.25) is 9.59 Å². The average molecular weight is 198 g/mol. The molecule has 14 heavy (non-hydrogen) atoms. The largest absolute Gasteiger partial charge is 0.468 e. The lowest BCUT2D eigenvalue weighted by molar-refractivity contribution is -0.159. The Morgan fingerprint density at radius 3 is 3.07 bits per heavy atom. The zero-order valence-electron chi connectivity index (χ0n) is 8.25. The topological polar surface area (TPSA) is 52.6 Å². The fraction of sp³-hybridized carbons (Fsp3) is 0.800. The highest BCUT2D eigenvalue weighted by Gasteiger charge is 2.56. The van der Waals surface area contributed by atoms with Crippen LogP contribution in [-0.2, 0) is 19.1 Å². The molecule has 1 unspecified atom stereocenters. The van der Waals surface area contributed by atoms with E-state index in [0.717, 1.165) is 25.7 Å². The monoisotopic (exact) mass is 198 g/mol. The van der Waals surface area contributed by atoms with Crippen LogP contribution < -0.4 is 0 Å². The Morgan fingerprint density at radius 1 is 1.57 bits per heavy atom. The minimum Gasteiger partial charge on any atom is -0.468 e. The lowest BCUT2D eigenvalue weighted by Gasteiger charge is -2.33. The van der Waals surface area contributed by atoms with E-state index < -0.39 is 5.41 Å². The SMILES string of the molecule is COC(=O)[C@]12CCCCC1OC(=O)C2.